The van der Waals surface area contributed by atoms with Crippen molar-refractivity contribution in [1.82, 2.24) is 5.32 Å². The molecule has 0 aliphatic rings. The first kappa shape index (κ1) is 71.3. The second kappa shape index (κ2) is 62.9. The number of unbranched alkanes of at least 4 members (excludes halogenated alkanes) is 48. The zero-order valence-electron chi connectivity index (χ0n) is 49.4. The predicted octanol–water partition coefficient (Wildman–Crippen LogP) is 21.0. The molecule has 1 amide bonds. The summed E-state index contributed by atoms with van der Waals surface area (Å²) in [6.07, 6.45) is 77.7. The zero-order valence-corrected chi connectivity index (χ0v) is 49.4. The molecule has 0 rings (SSSR count). The van der Waals surface area contributed by atoms with E-state index in [1.54, 1.807) is 0 Å². The molecule has 0 bridgehead atoms. The van der Waals surface area contributed by atoms with Crippen molar-refractivity contribution in [2.24, 2.45) is 0 Å². The average Bonchev–Trinajstić information content (AvgIpc) is 3.39. The lowest BCUT2D eigenvalue weighted by Crippen LogP contribution is -2.45. The van der Waals surface area contributed by atoms with Crippen molar-refractivity contribution in [3.8, 4) is 0 Å². The molecule has 0 heterocycles. The van der Waals surface area contributed by atoms with Crippen molar-refractivity contribution >= 4 is 11.9 Å². The highest BCUT2D eigenvalue weighted by Crippen LogP contribution is 2.18. The first-order valence-electron chi connectivity index (χ1n) is 33.1. The summed E-state index contributed by atoms with van der Waals surface area (Å²) in [5, 5.41) is 23.4. The molecule has 0 radical (unpaired) electrons. The van der Waals surface area contributed by atoms with Gasteiger partial charge in [0.05, 0.1) is 25.4 Å². The van der Waals surface area contributed by atoms with E-state index in [2.05, 4.69) is 43.5 Å². The minimum Gasteiger partial charge on any atom is -0.466 e. The summed E-state index contributed by atoms with van der Waals surface area (Å²) >= 11 is 0. The third-order valence-electron chi connectivity index (χ3n) is 15.5. The van der Waals surface area contributed by atoms with Crippen LogP contribution in [-0.4, -0.2) is 47.4 Å². The number of carbonyl (C=O) groups excluding carboxylic acids is 2. The number of esters is 1. The Labute approximate surface area is 456 Å². The van der Waals surface area contributed by atoms with Gasteiger partial charge in [0.15, 0.2) is 0 Å². The number of aliphatic hydroxyl groups is 2. The normalized spacial score (nSPS) is 12.7. The number of aliphatic hydroxyl groups excluding tert-OH is 2. The maximum absolute atomic E-state index is 12.5. The standard InChI is InChI=1S/C67H129NO5/c1-3-5-7-9-11-13-15-17-19-21-22-23-24-25-26-27-28-29-31-35-39-43-47-51-55-59-65(70)64(63-69)68-66(71)60-56-52-48-44-40-36-32-30-34-38-42-46-50-54-58-62-73-67(72)61-57-53-49-45-41-37-33-20-18-16-14-12-10-8-6-4-2/h30,34,38,42,64-65,69-70H,3-29,31-33,35-37,39-41,43-63H2,1-2H3,(H,68,71)/b34-30-,42-38-. The first-order valence-corrected chi connectivity index (χ1v) is 33.1. The van der Waals surface area contributed by atoms with E-state index in [0.717, 1.165) is 77.0 Å². The second-order valence-corrected chi connectivity index (χ2v) is 22.8. The van der Waals surface area contributed by atoms with Crippen molar-refractivity contribution < 1.29 is 24.5 Å². The lowest BCUT2D eigenvalue weighted by atomic mass is 10.0. The number of rotatable bonds is 62. The van der Waals surface area contributed by atoms with Gasteiger partial charge in [0.1, 0.15) is 0 Å². The van der Waals surface area contributed by atoms with Gasteiger partial charge in [-0.1, -0.05) is 321 Å². The second-order valence-electron chi connectivity index (χ2n) is 22.8. The van der Waals surface area contributed by atoms with Crippen LogP contribution in [0.25, 0.3) is 0 Å². The van der Waals surface area contributed by atoms with Crippen LogP contribution in [0, 0.1) is 0 Å². The van der Waals surface area contributed by atoms with Crippen molar-refractivity contribution in [2.75, 3.05) is 13.2 Å². The van der Waals surface area contributed by atoms with Gasteiger partial charge in [-0.2, -0.15) is 0 Å². The molecule has 0 spiro atoms. The third kappa shape index (κ3) is 59.4. The summed E-state index contributed by atoms with van der Waals surface area (Å²) in [5.74, 6) is -0.0702. The Morgan fingerprint density at radius 1 is 0.384 bits per heavy atom. The molecule has 0 fully saturated rings. The van der Waals surface area contributed by atoms with Crippen LogP contribution >= 0.6 is 0 Å². The van der Waals surface area contributed by atoms with Gasteiger partial charge in [-0.25, -0.2) is 0 Å². The molecule has 0 aliphatic carbocycles. The Morgan fingerprint density at radius 2 is 0.671 bits per heavy atom. The minimum absolute atomic E-state index is 0.0171. The summed E-state index contributed by atoms with van der Waals surface area (Å²) in [6, 6.07) is -0.559. The summed E-state index contributed by atoms with van der Waals surface area (Å²) in [4.78, 5) is 24.6. The molecule has 0 aromatic carbocycles. The molecular weight excluding hydrogens is 899 g/mol. The Balaban J connectivity index is 3.48. The number of carbonyl (C=O) groups is 2. The molecule has 432 valence electrons. The van der Waals surface area contributed by atoms with E-state index in [4.69, 9.17) is 4.74 Å². The lowest BCUT2D eigenvalue weighted by Gasteiger charge is -2.22. The van der Waals surface area contributed by atoms with E-state index in [0.29, 0.717) is 25.9 Å². The fourth-order valence-electron chi connectivity index (χ4n) is 10.5. The maximum Gasteiger partial charge on any atom is 0.305 e. The SMILES string of the molecule is CCCCCCCCCCCCCCCCCCCCCCCCCCCC(O)C(CO)NC(=O)CCCCCCCC/C=C\C=C/CCCCCOC(=O)CCCCCCCCCCCCCCCCCC. The Bertz CT molecular complexity index is 1140. The topological polar surface area (TPSA) is 95.9 Å². The molecule has 0 aromatic heterocycles. The van der Waals surface area contributed by atoms with E-state index < -0.39 is 12.1 Å². The number of hydrogen-bond acceptors (Lipinski definition) is 5. The third-order valence-corrected chi connectivity index (χ3v) is 15.5. The molecule has 6 heteroatoms. The van der Waals surface area contributed by atoms with Crippen LogP contribution in [0.2, 0.25) is 0 Å². The molecule has 2 unspecified atom stereocenters. The summed E-state index contributed by atoms with van der Waals surface area (Å²) < 4.78 is 5.46. The largest absolute Gasteiger partial charge is 0.466 e. The molecule has 73 heavy (non-hydrogen) atoms. The number of ether oxygens (including phenoxy) is 1. The highest BCUT2D eigenvalue weighted by molar-refractivity contribution is 5.76. The highest BCUT2D eigenvalue weighted by atomic mass is 16.5. The van der Waals surface area contributed by atoms with E-state index >= 15 is 0 Å². The maximum atomic E-state index is 12.5. The number of nitrogens with one attached hydrogen (secondary N) is 1. The van der Waals surface area contributed by atoms with Crippen LogP contribution in [0.15, 0.2) is 24.3 Å². The van der Waals surface area contributed by atoms with Gasteiger partial charge in [0, 0.05) is 12.8 Å². The molecule has 0 saturated carbocycles. The van der Waals surface area contributed by atoms with Gasteiger partial charge >= 0.3 is 5.97 Å². The van der Waals surface area contributed by atoms with Crippen LogP contribution in [0.1, 0.15) is 367 Å². The number of allylic oxidation sites excluding steroid dienone is 4. The fraction of sp³-hybridized carbons (Fsp3) is 0.910. The van der Waals surface area contributed by atoms with Gasteiger partial charge in [0.25, 0.3) is 0 Å². The van der Waals surface area contributed by atoms with Crippen molar-refractivity contribution in [3.63, 3.8) is 0 Å². The zero-order chi connectivity index (χ0) is 52.9. The minimum atomic E-state index is -0.680. The van der Waals surface area contributed by atoms with E-state index in [9.17, 15) is 19.8 Å². The fourth-order valence-corrected chi connectivity index (χ4v) is 10.5. The lowest BCUT2D eigenvalue weighted by molar-refractivity contribution is -0.143. The van der Waals surface area contributed by atoms with Gasteiger partial charge in [0.2, 0.25) is 5.91 Å². The van der Waals surface area contributed by atoms with Crippen LogP contribution in [0.4, 0.5) is 0 Å². The van der Waals surface area contributed by atoms with Crippen molar-refractivity contribution in [1.29, 1.82) is 0 Å². The van der Waals surface area contributed by atoms with E-state index in [-0.39, 0.29) is 18.5 Å². The molecular formula is C67H129NO5. The number of amides is 1. The Kier molecular flexibility index (Phi) is 61.4. The van der Waals surface area contributed by atoms with Crippen LogP contribution in [0.3, 0.4) is 0 Å². The molecule has 0 aromatic rings. The Morgan fingerprint density at radius 3 is 1.01 bits per heavy atom. The summed E-state index contributed by atoms with van der Waals surface area (Å²) in [6.45, 7) is 4.93. The van der Waals surface area contributed by atoms with Crippen molar-refractivity contribution in [2.45, 2.75) is 379 Å². The van der Waals surface area contributed by atoms with Crippen molar-refractivity contribution in [3.05, 3.63) is 24.3 Å². The average molecular weight is 1030 g/mol. The van der Waals surface area contributed by atoms with E-state index in [1.165, 1.54) is 257 Å². The van der Waals surface area contributed by atoms with Crippen LogP contribution < -0.4 is 5.32 Å². The van der Waals surface area contributed by atoms with Gasteiger partial charge in [-0.15, -0.1) is 0 Å². The quantitative estimate of drug-likeness (QED) is 0.0320. The van der Waals surface area contributed by atoms with E-state index in [1.807, 2.05) is 0 Å². The van der Waals surface area contributed by atoms with Crippen LogP contribution in [-0.2, 0) is 14.3 Å². The summed E-state index contributed by atoms with van der Waals surface area (Å²) in [5.41, 5.74) is 0. The monoisotopic (exact) mass is 1030 g/mol. The first-order chi connectivity index (χ1) is 36.0. The van der Waals surface area contributed by atoms with Crippen LogP contribution in [0.5, 0.6) is 0 Å². The van der Waals surface area contributed by atoms with Gasteiger partial charge in [-0.3, -0.25) is 9.59 Å². The molecule has 6 nitrogen and oxygen atoms in total. The van der Waals surface area contributed by atoms with Gasteiger partial charge in [-0.05, 0) is 57.8 Å². The molecule has 0 aliphatic heterocycles. The smallest absolute Gasteiger partial charge is 0.305 e. The number of hydrogen-bond donors (Lipinski definition) is 3. The predicted molar refractivity (Wildman–Crippen MR) is 320 cm³/mol. The summed E-state index contributed by atoms with van der Waals surface area (Å²) in [7, 11) is 0. The molecule has 2 atom stereocenters. The highest BCUT2D eigenvalue weighted by Gasteiger charge is 2.20. The molecule has 3 N–H and O–H groups in total. The molecule has 0 saturated heterocycles. The Hall–Kier alpha value is -1.66. The van der Waals surface area contributed by atoms with Gasteiger partial charge < -0.3 is 20.3 Å².